The van der Waals surface area contributed by atoms with Crippen LogP contribution in [0.5, 0.6) is 0 Å². The topological polar surface area (TPSA) is 97.3 Å². The minimum absolute atomic E-state index is 0.443. The maximum atomic E-state index is 11.5. The predicted molar refractivity (Wildman–Crippen MR) is 105 cm³/mol. The lowest BCUT2D eigenvalue weighted by atomic mass is 10.1. The number of amides is 3. The van der Waals surface area contributed by atoms with Crippen LogP contribution in [0.4, 0.5) is 4.79 Å². The largest absolute Gasteiger partial charge is 0.409 e. The Morgan fingerprint density at radius 3 is 2.50 bits per heavy atom. The second-order valence-corrected chi connectivity index (χ2v) is 6.85. The lowest BCUT2D eigenvalue weighted by molar-refractivity contribution is -0.119. The Morgan fingerprint density at radius 2 is 1.93 bits per heavy atom. The fourth-order valence-electron chi connectivity index (χ4n) is 3.25. The summed E-state index contributed by atoms with van der Waals surface area (Å²) in [6.45, 7) is 6.86. The van der Waals surface area contributed by atoms with Crippen LogP contribution in [0, 0.1) is 11.8 Å². The predicted octanol–water partition coefficient (Wildman–Crippen LogP) is 0.800. The zero-order chi connectivity index (χ0) is 19.9. The van der Waals surface area contributed by atoms with Crippen LogP contribution in [0.15, 0.2) is 29.4 Å². The van der Waals surface area contributed by atoms with Crippen LogP contribution >= 0.6 is 0 Å². The summed E-state index contributed by atoms with van der Waals surface area (Å²) >= 11 is 0. The molecule has 0 spiro atoms. The van der Waals surface area contributed by atoms with E-state index >= 15 is 0 Å². The van der Waals surface area contributed by atoms with E-state index in [2.05, 4.69) is 44.4 Å². The lowest BCUT2D eigenvalue weighted by Gasteiger charge is -2.36. The fraction of sp³-hybridized carbons (Fsp3) is 0.450. The molecule has 3 rings (SSSR count). The third-order valence-electron chi connectivity index (χ3n) is 4.87. The summed E-state index contributed by atoms with van der Waals surface area (Å²) in [6, 6.07) is 5.94. The Morgan fingerprint density at radius 1 is 1.21 bits per heavy atom. The SMILES string of the molecule is CCCCN1CCN(/C(=N\O)c2ccc(C#CC3NC(=O)NC3=O)cc2)CC1. The molecule has 2 aliphatic rings. The minimum Gasteiger partial charge on any atom is -0.409 e. The molecular formula is C20H25N5O3. The number of amidine groups is 1. The maximum Gasteiger partial charge on any atom is 0.322 e. The molecular weight excluding hydrogens is 358 g/mol. The van der Waals surface area contributed by atoms with E-state index in [-0.39, 0.29) is 0 Å². The molecule has 8 heteroatoms. The number of unbranched alkanes of at least 4 members (excludes halogenated alkanes) is 1. The first kappa shape index (κ1) is 19.7. The lowest BCUT2D eigenvalue weighted by Crippen LogP contribution is -2.49. The highest BCUT2D eigenvalue weighted by Gasteiger charge is 2.27. The Kier molecular flexibility index (Phi) is 6.50. The molecule has 0 radical (unpaired) electrons. The van der Waals surface area contributed by atoms with E-state index in [0.29, 0.717) is 11.4 Å². The van der Waals surface area contributed by atoms with Gasteiger partial charge in [-0.15, -0.1) is 0 Å². The van der Waals surface area contributed by atoms with Gasteiger partial charge in [0.25, 0.3) is 5.91 Å². The first-order valence-corrected chi connectivity index (χ1v) is 9.53. The summed E-state index contributed by atoms with van der Waals surface area (Å²) in [5, 5.41) is 17.6. The van der Waals surface area contributed by atoms with Gasteiger partial charge in [-0.1, -0.05) is 30.3 Å². The highest BCUT2D eigenvalue weighted by atomic mass is 16.4. The number of carbonyl (C=O) groups is 2. The molecule has 3 N–H and O–H groups in total. The normalized spacial score (nSPS) is 20.4. The Bertz CT molecular complexity index is 801. The molecule has 8 nitrogen and oxygen atoms in total. The van der Waals surface area contributed by atoms with Crippen LogP contribution in [0.2, 0.25) is 0 Å². The Labute approximate surface area is 164 Å². The number of nitrogens with zero attached hydrogens (tertiary/aromatic N) is 3. The summed E-state index contributed by atoms with van der Waals surface area (Å²) in [4.78, 5) is 27.1. The van der Waals surface area contributed by atoms with Gasteiger partial charge in [-0.25, -0.2) is 4.79 Å². The van der Waals surface area contributed by atoms with Gasteiger partial charge in [0.05, 0.1) is 0 Å². The van der Waals surface area contributed by atoms with Crippen molar-refractivity contribution in [3.05, 3.63) is 35.4 Å². The molecule has 2 fully saturated rings. The Hall–Kier alpha value is -3.05. The monoisotopic (exact) mass is 383 g/mol. The van der Waals surface area contributed by atoms with Crippen LogP contribution in [-0.2, 0) is 4.79 Å². The average molecular weight is 383 g/mol. The van der Waals surface area contributed by atoms with E-state index in [9.17, 15) is 14.8 Å². The molecule has 1 unspecified atom stereocenters. The van der Waals surface area contributed by atoms with Crippen molar-refractivity contribution in [2.45, 2.75) is 25.8 Å². The van der Waals surface area contributed by atoms with E-state index in [1.165, 1.54) is 12.8 Å². The van der Waals surface area contributed by atoms with Crippen molar-refractivity contribution in [2.24, 2.45) is 5.16 Å². The zero-order valence-electron chi connectivity index (χ0n) is 15.9. The Balaban J connectivity index is 1.61. The van der Waals surface area contributed by atoms with Gasteiger partial charge in [-0.2, -0.15) is 0 Å². The highest BCUT2D eigenvalue weighted by Crippen LogP contribution is 2.12. The van der Waals surface area contributed by atoms with Crippen LogP contribution in [-0.4, -0.2) is 71.5 Å². The molecule has 2 aliphatic heterocycles. The molecule has 0 aromatic heterocycles. The van der Waals surface area contributed by atoms with Gasteiger partial charge < -0.3 is 15.4 Å². The molecule has 3 amide bonds. The molecule has 1 aromatic carbocycles. The van der Waals surface area contributed by atoms with Crippen molar-refractivity contribution >= 4 is 17.8 Å². The highest BCUT2D eigenvalue weighted by molar-refractivity contribution is 6.05. The second-order valence-electron chi connectivity index (χ2n) is 6.85. The van der Waals surface area contributed by atoms with E-state index in [1.54, 1.807) is 12.1 Å². The van der Waals surface area contributed by atoms with Gasteiger partial charge >= 0.3 is 6.03 Å². The molecule has 28 heavy (non-hydrogen) atoms. The summed E-state index contributed by atoms with van der Waals surface area (Å²) in [5.41, 5.74) is 1.52. The van der Waals surface area contributed by atoms with Crippen LogP contribution in [0.1, 0.15) is 30.9 Å². The number of carbonyl (C=O) groups excluding carboxylic acids is 2. The molecule has 148 valence electrons. The first-order valence-electron chi connectivity index (χ1n) is 9.53. The van der Waals surface area contributed by atoms with Crippen molar-refractivity contribution < 1.29 is 14.8 Å². The number of oxime groups is 1. The number of hydrogen-bond donors (Lipinski definition) is 3. The smallest absolute Gasteiger partial charge is 0.322 e. The summed E-state index contributed by atoms with van der Waals surface area (Å²) in [6.07, 6.45) is 2.40. The van der Waals surface area contributed by atoms with Crippen molar-refractivity contribution in [1.82, 2.24) is 20.4 Å². The summed E-state index contributed by atoms with van der Waals surface area (Å²) < 4.78 is 0. The number of rotatable bonds is 4. The quantitative estimate of drug-likeness (QED) is 0.178. The van der Waals surface area contributed by atoms with Gasteiger partial charge in [-0.05, 0) is 37.2 Å². The third kappa shape index (κ3) is 4.81. The summed E-state index contributed by atoms with van der Waals surface area (Å²) in [7, 11) is 0. The van der Waals surface area contributed by atoms with Crippen molar-refractivity contribution in [3.8, 4) is 11.8 Å². The standard InChI is InChI=1S/C20H25N5O3/c1-2-3-10-24-11-13-25(14-12-24)18(23-28)16-7-4-15(5-8-16)6-9-17-19(26)22-20(27)21-17/h4-5,7-8,17,28H,2-3,10-14H2,1H3,(H2,21,22,26,27)/b23-18-. The van der Waals surface area contributed by atoms with Crippen molar-refractivity contribution in [3.63, 3.8) is 0 Å². The van der Waals surface area contributed by atoms with Crippen LogP contribution in [0.3, 0.4) is 0 Å². The average Bonchev–Trinajstić information content (AvgIpc) is 3.04. The minimum atomic E-state index is -0.828. The molecule has 0 aliphatic carbocycles. The maximum absolute atomic E-state index is 11.5. The molecule has 2 heterocycles. The van der Waals surface area contributed by atoms with Crippen molar-refractivity contribution in [1.29, 1.82) is 0 Å². The number of nitrogens with one attached hydrogen (secondary N) is 2. The number of piperazine rings is 1. The molecule has 1 aromatic rings. The fourth-order valence-corrected chi connectivity index (χ4v) is 3.25. The van der Waals surface area contributed by atoms with Crippen molar-refractivity contribution in [2.75, 3.05) is 32.7 Å². The zero-order valence-corrected chi connectivity index (χ0v) is 15.9. The first-order chi connectivity index (χ1) is 13.6. The molecule has 0 saturated carbocycles. The number of benzene rings is 1. The number of hydrogen-bond acceptors (Lipinski definition) is 5. The van der Waals surface area contributed by atoms with Gasteiger partial charge in [0.15, 0.2) is 11.9 Å². The van der Waals surface area contributed by atoms with E-state index in [1.807, 2.05) is 12.1 Å². The van der Waals surface area contributed by atoms with Gasteiger partial charge in [0, 0.05) is 37.3 Å². The molecule has 2 saturated heterocycles. The number of urea groups is 1. The van der Waals surface area contributed by atoms with E-state index in [4.69, 9.17) is 0 Å². The number of imide groups is 1. The third-order valence-corrected chi connectivity index (χ3v) is 4.87. The molecule has 0 bridgehead atoms. The van der Waals surface area contributed by atoms with Gasteiger partial charge in [0.1, 0.15) is 0 Å². The van der Waals surface area contributed by atoms with E-state index in [0.717, 1.165) is 38.3 Å². The summed E-state index contributed by atoms with van der Waals surface area (Å²) in [5.74, 6) is 5.72. The van der Waals surface area contributed by atoms with Gasteiger partial charge in [0.2, 0.25) is 0 Å². The van der Waals surface area contributed by atoms with E-state index < -0.39 is 18.0 Å². The van der Waals surface area contributed by atoms with Gasteiger partial charge in [-0.3, -0.25) is 15.0 Å². The van der Waals surface area contributed by atoms with Crippen LogP contribution < -0.4 is 10.6 Å². The van der Waals surface area contributed by atoms with Crippen LogP contribution in [0.25, 0.3) is 0 Å². The second kappa shape index (κ2) is 9.24. The molecule has 1 atom stereocenters.